The Morgan fingerprint density at radius 1 is 1.44 bits per heavy atom. The second-order valence-electron chi connectivity index (χ2n) is 5.79. The number of aryl methyl sites for hydroxylation is 2. The quantitative estimate of drug-likeness (QED) is 0.694. The predicted molar refractivity (Wildman–Crippen MR) is 74.5 cm³/mol. The van der Waals surface area contributed by atoms with Crippen molar-refractivity contribution in [2.75, 3.05) is 13.1 Å². The second-order valence-corrected chi connectivity index (χ2v) is 5.79. The van der Waals surface area contributed by atoms with Crippen molar-refractivity contribution in [2.45, 2.75) is 45.6 Å². The Bertz CT molecular complexity index is 345. The molecule has 0 aliphatic rings. The van der Waals surface area contributed by atoms with Gasteiger partial charge in [-0.15, -0.1) is 0 Å². The lowest BCUT2D eigenvalue weighted by Crippen LogP contribution is -2.32. The molecule has 2 N–H and O–H groups in total. The van der Waals surface area contributed by atoms with Crippen LogP contribution in [0.3, 0.4) is 0 Å². The molecule has 1 aromatic rings. The summed E-state index contributed by atoms with van der Waals surface area (Å²) in [5, 5.41) is 17.8. The highest BCUT2D eigenvalue weighted by molar-refractivity contribution is 5.00. The molecule has 1 atom stereocenters. The molecule has 18 heavy (non-hydrogen) atoms. The Kier molecular flexibility index (Phi) is 5.82. The monoisotopic (exact) mass is 253 g/mol. The molecule has 1 rings (SSSR count). The van der Waals surface area contributed by atoms with Gasteiger partial charge in [-0.05, 0) is 51.3 Å². The van der Waals surface area contributed by atoms with Gasteiger partial charge in [0.15, 0.2) is 0 Å². The van der Waals surface area contributed by atoms with Crippen molar-refractivity contribution in [1.82, 2.24) is 15.1 Å². The van der Waals surface area contributed by atoms with E-state index in [9.17, 15) is 5.11 Å². The van der Waals surface area contributed by atoms with E-state index in [2.05, 4.69) is 24.3 Å². The summed E-state index contributed by atoms with van der Waals surface area (Å²) in [5.74, 6) is 0.657. The first-order valence-corrected chi connectivity index (χ1v) is 6.81. The number of hydrogen-bond acceptors (Lipinski definition) is 3. The maximum atomic E-state index is 10.3. The fourth-order valence-corrected chi connectivity index (χ4v) is 1.92. The van der Waals surface area contributed by atoms with Gasteiger partial charge < -0.3 is 10.4 Å². The molecule has 0 spiro atoms. The summed E-state index contributed by atoms with van der Waals surface area (Å²) in [6.07, 6.45) is 4.23. The third-order valence-corrected chi connectivity index (χ3v) is 3.24. The van der Waals surface area contributed by atoms with Gasteiger partial charge in [0, 0.05) is 18.9 Å². The van der Waals surface area contributed by atoms with Crippen LogP contribution in [0.1, 0.15) is 39.3 Å². The molecule has 0 bridgehead atoms. The molecular weight excluding hydrogens is 226 g/mol. The molecule has 1 unspecified atom stereocenters. The van der Waals surface area contributed by atoms with Gasteiger partial charge in [-0.3, -0.25) is 4.68 Å². The lowest BCUT2D eigenvalue weighted by atomic mass is 9.95. The Hall–Kier alpha value is -0.870. The van der Waals surface area contributed by atoms with Gasteiger partial charge in [0.25, 0.3) is 0 Å². The van der Waals surface area contributed by atoms with E-state index in [1.165, 1.54) is 5.69 Å². The zero-order valence-electron chi connectivity index (χ0n) is 12.1. The second kappa shape index (κ2) is 6.90. The summed E-state index contributed by atoms with van der Waals surface area (Å²) in [6, 6.07) is 2.01. The average Bonchev–Trinajstić information content (AvgIpc) is 2.68. The lowest BCUT2D eigenvalue weighted by Gasteiger charge is -2.23. The van der Waals surface area contributed by atoms with E-state index in [0.717, 1.165) is 32.4 Å². The van der Waals surface area contributed by atoms with Crippen molar-refractivity contribution in [3.8, 4) is 0 Å². The molecule has 0 saturated carbocycles. The van der Waals surface area contributed by atoms with Gasteiger partial charge in [-0.2, -0.15) is 5.10 Å². The minimum atomic E-state index is -0.603. The number of aliphatic hydroxyl groups is 1. The summed E-state index contributed by atoms with van der Waals surface area (Å²) in [7, 11) is 1.94. The SMILES string of the molecule is CC(C)CNCCC(C)(O)CCc1ccnn1C. The minimum Gasteiger partial charge on any atom is -0.390 e. The highest BCUT2D eigenvalue weighted by atomic mass is 16.3. The van der Waals surface area contributed by atoms with Crippen molar-refractivity contribution in [2.24, 2.45) is 13.0 Å². The first kappa shape index (κ1) is 15.2. The van der Waals surface area contributed by atoms with Crippen molar-refractivity contribution in [3.05, 3.63) is 18.0 Å². The largest absolute Gasteiger partial charge is 0.390 e. The summed E-state index contributed by atoms with van der Waals surface area (Å²) in [6.45, 7) is 8.18. The Balaban J connectivity index is 2.25. The van der Waals surface area contributed by atoms with E-state index in [1.807, 2.05) is 24.7 Å². The Labute approximate surface area is 110 Å². The van der Waals surface area contributed by atoms with Gasteiger partial charge in [-0.25, -0.2) is 0 Å². The smallest absolute Gasteiger partial charge is 0.0635 e. The number of hydrogen-bond donors (Lipinski definition) is 2. The zero-order chi connectivity index (χ0) is 13.6. The maximum Gasteiger partial charge on any atom is 0.0635 e. The van der Waals surface area contributed by atoms with E-state index in [4.69, 9.17) is 0 Å². The van der Waals surface area contributed by atoms with Crippen LogP contribution in [0.4, 0.5) is 0 Å². The molecule has 104 valence electrons. The normalized spacial score (nSPS) is 15.0. The van der Waals surface area contributed by atoms with Gasteiger partial charge in [0.05, 0.1) is 5.60 Å². The third kappa shape index (κ3) is 5.65. The van der Waals surface area contributed by atoms with Crippen LogP contribution in [0.25, 0.3) is 0 Å². The number of rotatable bonds is 8. The van der Waals surface area contributed by atoms with Gasteiger partial charge in [0.1, 0.15) is 0 Å². The van der Waals surface area contributed by atoms with E-state index in [0.29, 0.717) is 5.92 Å². The fourth-order valence-electron chi connectivity index (χ4n) is 1.92. The van der Waals surface area contributed by atoms with Gasteiger partial charge in [0.2, 0.25) is 0 Å². The molecule has 0 aliphatic heterocycles. The van der Waals surface area contributed by atoms with E-state index >= 15 is 0 Å². The highest BCUT2D eigenvalue weighted by Crippen LogP contribution is 2.17. The van der Waals surface area contributed by atoms with E-state index in [-0.39, 0.29) is 0 Å². The Morgan fingerprint density at radius 2 is 2.17 bits per heavy atom. The molecule has 0 radical (unpaired) electrons. The van der Waals surface area contributed by atoms with Crippen molar-refractivity contribution in [3.63, 3.8) is 0 Å². The molecule has 0 saturated heterocycles. The van der Waals surface area contributed by atoms with Gasteiger partial charge in [-0.1, -0.05) is 13.8 Å². The Morgan fingerprint density at radius 3 is 2.72 bits per heavy atom. The molecule has 0 aliphatic carbocycles. The lowest BCUT2D eigenvalue weighted by molar-refractivity contribution is 0.0420. The van der Waals surface area contributed by atoms with Crippen LogP contribution >= 0.6 is 0 Å². The molecule has 0 amide bonds. The summed E-state index contributed by atoms with van der Waals surface area (Å²) >= 11 is 0. The number of aromatic nitrogens is 2. The van der Waals surface area contributed by atoms with Crippen LogP contribution in [0, 0.1) is 5.92 Å². The first-order chi connectivity index (χ1) is 8.41. The molecule has 4 heteroatoms. The standard InChI is InChI=1S/C14H27N3O/c1-12(2)11-15-10-8-14(3,18)7-5-13-6-9-16-17(13)4/h6,9,12,15,18H,5,7-8,10-11H2,1-4H3. The topological polar surface area (TPSA) is 50.1 Å². The van der Waals surface area contributed by atoms with Crippen LogP contribution in [0.15, 0.2) is 12.3 Å². The summed E-state index contributed by atoms with van der Waals surface area (Å²) in [5.41, 5.74) is 0.569. The molecule has 0 aromatic carbocycles. The zero-order valence-corrected chi connectivity index (χ0v) is 12.1. The molecule has 1 heterocycles. The summed E-state index contributed by atoms with van der Waals surface area (Å²) in [4.78, 5) is 0. The van der Waals surface area contributed by atoms with Crippen molar-refractivity contribution < 1.29 is 5.11 Å². The van der Waals surface area contributed by atoms with Crippen LogP contribution in [0.2, 0.25) is 0 Å². The molecule has 0 fully saturated rings. The first-order valence-electron chi connectivity index (χ1n) is 6.81. The fraction of sp³-hybridized carbons (Fsp3) is 0.786. The minimum absolute atomic E-state index is 0.603. The van der Waals surface area contributed by atoms with E-state index in [1.54, 1.807) is 6.20 Å². The molecule has 1 aromatic heterocycles. The number of nitrogens with zero attached hydrogens (tertiary/aromatic N) is 2. The van der Waals surface area contributed by atoms with Gasteiger partial charge >= 0.3 is 0 Å². The third-order valence-electron chi connectivity index (χ3n) is 3.24. The summed E-state index contributed by atoms with van der Waals surface area (Å²) < 4.78 is 1.87. The van der Waals surface area contributed by atoms with Crippen molar-refractivity contribution >= 4 is 0 Å². The molecular formula is C14H27N3O. The predicted octanol–water partition coefficient (Wildman–Crippen LogP) is 1.74. The van der Waals surface area contributed by atoms with E-state index < -0.39 is 5.60 Å². The van der Waals surface area contributed by atoms with Crippen LogP contribution < -0.4 is 5.32 Å². The number of nitrogens with one attached hydrogen (secondary N) is 1. The van der Waals surface area contributed by atoms with Crippen molar-refractivity contribution in [1.29, 1.82) is 0 Å². The average molecular weight is 253 g/mol. The highest BCUT2D eigenvalue weighted by Gasteiger charge is 2.20. The van der Waals surface area contributed by atoms with Crippen LogP contribution in [-0.4, -0.2) is 33.6 Å². The molecule has 4 nitrogen and oxygen atoms in total. The van der Waals surface area contributed by atoms with Crippen LogP contribution in [0.5, 0.6) is 0 Å². The maximum absolute atomic E-state index is 10.3. The van der Waals surface area contributed by atoms with Crippen LogP contribution in [-0.2, 0) is 13.5 Å².